The Balaban J connectivity index is 1.70. The van der Waals surface area contributed by atoms with E-state index in [9.17, 15) is 9.59 Å². The van der Waals surface area contributed by atoms with Gasteiger partial charge < -0.3 is 20.4 Å². The molecule has 6 nitrogen and oxygen atoms in total. The molecule has 0 radical (unpaired) electrons. The zero-order valence-electron chi connectivity index (χ0n) is 15.9. The first-order valence-electron chi connectivity index (χ1n) is 9.44. The Morgan fingerprint density at radius 1 is 1.21 bits per heavy atom. The van der Waals surface area contributed by atoms with Crippen molar-refractivity contribution in [3.8, 4) is 0 Å². The van der Waals surface area contributed by atoms with E-state index >= 15 is 0 Å². The van der Waals surface area contributed by atoms with Gasteiger partial charge in [-0.2, -0.15) is 0 Å². The van der Waals surface area contributed by atoms with Crippen molar-refractivity contribution >= 4 is 34.1 Å². The number of rotatable bonds is 10. The highest BCUT2D eigenvalue weighted by Gasteiger charge is 2.23. The summed E-state index contributed by atoms with van der Waals surface area (Å²) in [6, 6.07) is 10.9. The number of benzene rings is 1. The molecular weight excluding hydrogens is 374 g/mol. The van der Waals surface area contributed by atoms with Crippen molar-refractivity contribution in [2.45, 2.75) is 25.8 Å². The Morgan fingerprint density at radius 2 is 2.07 bits per heavy atom. The lowest BCUT2D eigenvalue weighted by molar-refractivity contribution is -0.123. The minimum absolute atomic E-state index is 0.188. The number of carbonyl (C=O) groups is 2. The third kappa shape index (κ3) is 5.21. The van der Waals surface area contributed by atoms with Gasteiger partial charge in [-0.15, -0.1) is 11.3 Å². The fourth-order valence-corrected chi connectivity index (χ4v) is 3.65. The summed E-state index contributed by atoms with van der Waals surface area (Å²) in [5.41, 5.74) is 2.01. The van der Waals surface area contributed by atoms with Crippen LogP contribution in [0.4, 0.5) is 0 Å². The van der Waals surface area contributed by atoms with Crippen molar-refractivity contribution in [1.29, 1.82) is 0 Å². The van der Waals surface area contributed by atoms with E-state index in [2.05, 4.69) is 15.6 Å². The predicted molar refractivity (Wildman–Crippen MR) is 112 cm³/mol. The molecule has 1 aromatic carbocycles. The molecule has 0 saturated heterocycles. The lowest BCUT2D eigenvalue weighted by atomic mass is 10.0. The van der Waals surface area contributed by atoms with Crippen LogP contribution in [0.2, 0.25) is 0 Å². The highest BCUT2D eigenvalue weighted by molar-refractivity contribution is 7.12. The molecule has 0 aliphatic heterocycles. The van der Waals surface area contributed by atoms with E-state index in [4.69, 9.17) is 4.74 Å². The van der Waals surface area contributed by atoms with Gasteiger partial charge in [0.1, 0.15) is 6.04 Å². The van der Waals surface area contributed by atoms with Crippen molar-refractivity contribution < 1.29 is 14.3 Å². The van der Waals surface area contributed by atoms with Crippen molar-refractivity contribution in [3.05, 3.63) is 58.4 Å². The van der Waals surface area contributed by atoms with Crippen LogP contribution >= 0.6 is 11.3 Å². The number of hydrogen-bond acceptors (Lipinski definition) is 4. The summed E-state index contributed by atoms with van der Waals surface area (Å²) in [5.74, 6) is -0.420. The number of para-hydroxylation sites is 1. The van der Waals surface area contributed by atoms with Gasteiger partial charge in [-0.1, -0.05) is 24.3 Å². The van der Waals surface area contributed by atoms with Crippen LogP contribution < -0.4 is 10.6 Å². The van der Waals surface area contributed by atoms with E-state index in [0.29, 0.717) is 31.1 Å². The zero-order valence-corrected chi connectivity index (χ0v) is 16.7. The first-order valence-corrected chi connectivity index (χ1v) is 10.3. The fraction of sp³-hybridized carbons (Fsp3) is 0.333. The second kappa shape index (κ2) is 10.1. The molecule has 0 aliphatic carbocycles. The molecule has 3 rings (SSSR count). The van der Waals surface area contributed by atoms with Crippen LogP contribution in [-0.2, 0) is 16.0 Å². The number of aromatic amines is 1. The third-order valence-corrected chi connectivity index (χ3v) is 5.30. The summed E-state index contributed by atoms with van der Waals surface area (Å²) in [4.78, 5) is 29.1. The lowest BCUT2D eigenvalue weighted by Gasteiger charge is -2.18. The number of carbonyl (C=O) groups excluding carboxylic acids is 2. The maximum absolute atomic E-state index is 12.8. The Labute approximate surface area is 168 Å². The third-order valence-electron chi connectivity index (χ3n) is 4.43. The van der Waals surface area contributed by atoms with Crippen molar-refractivity contribution in [1.82, 2.24) is 15.6 Å². The van der Waals surface area contributed by atoms with Crippen LogP contribution in [0.5, 0.6) is 0 Å². The van der Waals surface area contributed by atoms with E-state index in [1.807, 2.05) is 48.8 Å². The van der Waals surface area contributed by atoms with Crippen LogP contribution in [0.15, 0.2) is 48.0 Å². The number of H-pyrrole nitrogens is 1. The van der Waals surface area contributed by atoms with Crippen LogP contribution in [0, 0.1) is 0 Å². The smallest absolute Gasteiger partial charge is 0.262 e. The molecule has 0 fully saturated rings. The maximum Gasteiger partial charge on any atom is 0.262 e. The molecule has 0 aliphatic rings. The summed E-state index contributed by atoms with van der Waals surface area (Å²) in [6.45, 7) is 3.72. The molecule has 2 amide bonds. The second-order valence-corrected chi connectivity index (χ2v) is 7.36. The Morgan fingerprint density at radius 3 is 2.86 bits per heavy atom. The molecule has 28 heavy (non-hydrogen) atoms. The summed E-state index contributed by atoms with van der Waals surface area (Å²) in [6.07, 6.45) is 3.05. The maximum atomic E-state index is 12.8. The molecule has 0 spiro atoms. The van der Waals surface area contributed by atoms with Gasteiger partial charge in [0, 0.05) is 43.3 Å². The summed E-state index contributed by atoms with van der Waals surface area (Å²) in [7, 11) is 0. The largest absolute Gasteiger partial charge is 0.382 e. The highest BCUT2D eigenvalue weighted by atomic mass is 32.1. The van der Waals surface area contributed by atoms with E-state index in [-0.39, 0.29) is 11.8 Å². The first-order chi connectivity index (χ1) is 13.7. The molecule has 1 atom stereocenters. The van der Waals surface area contributed by atoms with E-state index in [0.717, 1.165) is 22.9 Å². The number of thiophene rings is 1. The molecular formula is C21H25N3O3S. The summed E-state index contributed by atoms with van der Waals surface area (Å²) < 4.78 is 5.30. The molecule has 3 N–H and O–H groups in total. The van der Waals surface area contributed by atoms with Crippen LogP contribution in [-0.4, -0.2) is 42.6 Å². The number of amides is 2. The van der Waals surface area contributed by atoms with Crippen LogP contribution in [0.3, 0.4) is 0 Å². The average molecular weight is 400 g/mol. The Hall–Kier alpha value is -2.64. The second-order valence-electron chi connectivity index (χ2n) is 6.41. The van der Waals surface area contributed by atoms with Gasteiger partial charge in [0.25, 0.3) is 5.91 Å². The van der Waals surface area contributed by atoms with Crippen molar-refractivity contribution in [2.75, 3.05) is 19.8 Å². The van der Waals surface area contributed by atoms with Crippen LogP contribution in [0.1, 0.15) is 28.6 Å². The molecule has 3 aromatic rings. The molecule has 7 heteroatoms. The van der Waals surface area contributed by atoms with Crippen molar-refractivity contribution in [3.63, 3.8) is 0 Å². The monoisotopic (exact) mass is 399 g/mol. The SMILES string of the molecule is CCOCCCNC(=O)[C@H](Cc1c[nH]c2ccccc12)NC(=O)c1cccs1. The van der Waals surface area contributed by atoms with E-state index in [1.165, 1.54) is 11.3 Å². The molecule has 0 bridgehead atoms. The Bertz CT molecular complexity index is 905. The molecule has 0 saturated carbocycles. The van der Waals surface area contributed by atoms with E-state index < -0.39 is 6.04 Å². The van der Waals surface area contributed by atoms with Gasteiger partial charge in [0.05, 0.1) is 4.88 Å². The summed E-state index contributed by atoms with van der Waals surface area (Å²) in [5, 5.41) is 8.70. The van der Waals surface area contributed by atoms with Crippen molar-refractivity contribution in [2.24, 2.45) is 0 Å². The van der Waals surface area contributed by atoms with Gasteiger partial charge in [0.15, 0.2) is 0 Å². The molecule has 2 aromatic heterocycles. The van der Waals surface area contributed by atoms with E-state index in [1.54, 1.807) is 6.07 Å². The van der Waals surface area contributed by atoms with Crippen LogP contribution in [0.25, 0.3) is 10.9 Å². The highest BCUT2D eigenvalue weighted by Crippen LogP contribution is 2.19. The van der Waals surface area contributed by atoms with Gasteiger partial charge in [-0.25, -0.2) is 0 Å². The predicted octanol–water partition coefficient (Wildman–Crippen LogP) is 3.11. The first kappa shape index (κ1) is 20.1. The average Bonchev–Trinajstić information content (AvgIpc) is 3.37. The Kier molecular flexibility index (Phi) is 7.22. The zero-order chi connectivity index (χ0) is 19.8. The van der Waals surface area contributed by atoms with Gasteiger partial charge in [-0.05, 0) is 36.4 Å². The van der Waals surface area contributed by atoms with Gasteiger partial charge >= 0.3 is 0 Å². The number of ether oxygens (including phenoxy) is 1. The molecule has 0 unspecified atom stereocenters. The fourth-order valence-electron chi connectivity index (χ4n) is 3.02. The number of nitrogens with one attached hydrogen (secondary N) is 3. The molecule has 148 valence electrons. The normalized spacial score (nSPS) is 12.0. The van der Waals surface area contributed by atoms with Gasteiger partial charge in [-0.3, -0.25) is 9.59 Å². The minimum atomic E-state index is -0.652. The quantitative estimate of drug-likeness (QED) is 0.458. The van der Waals surface area contributed by atoms with Gasteiger partial charge in [0.2, 0.25) is 5.91 Å². The topological polar surface area (TPSA) is 83.2 Å². The number of fused-ring (bicyclic) bond motifs is 1. The number of aromatic nitrogens is 1. The standard InChI is InChI=1S/C21H25N3O3S/c1-2-27-11-6-10-22-20(25)18(24-21(26)19-9-5-12-28-19)13-15-14-23-17-8-4-3-7-16(15)17/h3-5,7-9,12,14,18,23H,2,6,10-11,13H2,1H3,(H,22,25)(H,24,26)/t18-/m0/s1. The number of hydrogen-bond donors (Lipinski definition) is 3. The minimum Gasteiger partial charge on any atom is -0.382 e. The summed E-state index contributed by atoms with van der Waals surface area (Å²) >= 11 is 1.36. The molecule has 2 heterocycles. The lowest BCUT2D eigenvalue weighted by Crippen LogP contribution is -2.48.